The lowest BCUT2D eigenvalue weighted by Crippen LogP contribution is -2.63. The molecule has 1 N–H and O–H groups in total. The number of carbonyl (C=O) groups is 2. The highest BCUT2D eigenvalue weighted by Gasteiger charge is 2.38. The van der Waals surface area contributed by atoms with Crippen LogP contribution in [-0.2, 0) is 9.59 Å². The number of rotatable bonds is 3. The number of piperazine rings is 1. The molecular formula is C12H20N2O2. The molecule has 0 aromatic heterocycles. The SMILES string of the molecule is CCC1C(=O)NC(C)C(=O)N1CC1CCC1. The fourth-order valence-electron chi connectivity index (χ4n) is 2.49. The quantitative estimate of drug-likeness (QED) is 0.774. The van der Waals surface area contributed by atoms with Gasteiger partial charge in [-0.2, -0.15) is 0 Å². The summed E-state index contributed by atoms with van der Waals surface area (Å²) >= 11 is 0. The Morgan fingerprint density at radius 2 is 2.06 bits per heavy atom. The molecule has 2 atom stereocenters. The Kier molecular flexibility index (Phi) is 3.17. The van der Waals surface area contributed by atoms with Crippen molar-refractivity contribution in [3.05, 3.63) is 0 Å². The van der Waals surface area contributed by atoms with Gasteiger partial charge in [-0.05, 0) is 32.1 Å². The first kappa shape index (κ1) is 11.4. The van der Waals surface area contributed by atoms with Gasteiger partial charge in [-0.1, -0.05) is 13.3 Å². The monoisotopic (exact) mass is 224 g/mol. The maximum atomic E-state index is 12.0. The highest BCUT2D eigenvalue weighted by atomic mass is 16.2. The van der Waals surface area contributed by atoms with Crippen LogP contribution in [0.15, 0.2) is 0 Å². The Morgan fingerprint density at radius 3 is 2.56 bits per heavy atom. The van der Waals surface area contributed by atoms with Crippen LogP contribution in [0, 0.1) is 5.92 Å². The molecule has 1 saturated heterocycles. The van der Waals surface area contributed by atoms with E-state index in [9.17, 15) is 9.59 Å². The predicted molar refractivity (Wildman–Crippen MR) is 60.7 cm³/mol. The largest absolute Gasteiger partial charge is 0.343 e. The van der Waals surface area contributed by atoms with Gasteiger partial charge in [0.25, 0.3) is 0 Å². The van der Waals surface area contributed by atoms with E-state index in [1.54, 1.807) is 11.8 Å². The van der Waals surface area contributed by atoms with Crippen molar-refractivity contribution in [3.8, 4) is 0 Å². The summed E-state index contributed by atoms with van der Waals surface area (Å²) in [6, 6.07) is -0.598. The van der Waals surface area contributed by atoms with Crippen LogP contribution >= 0.6 is 0 Å². The average molecular weight is 224 g/mol. The Morgan fingerprint density at radius 1 is 1.38 bits per heavy atom. The first-order valence-corrected chi connectivity index (χ1v) is 6.24. The van der Waals surface area contributed by atoms with Gasteiger partial charge in [0.15, 0.2) is 0 Å². The van der Waals surface area contributed by atoms with Gasteiger partial charge in [-0.3, -0.25) is 9.59 Å². The minimum absolute atomic E-state index is 0.00826. The summed E-state index contributed by atoms with van der Waals surface area (Å²) in [5.74, 6) is 0.711. The summed E-state index contributed by atoms with van der Waals surface area (Å²) in [5.41, 5.74) is 0. The predicted octanol–water partition coefficient (Wildman–Crippen LogP) is 0.912. The van der Waals surface area contributed by atoms with E-state index in [2.05, 4.69) is 5.32 Å². The van der Waals surface area contributed by atoms with Crippen molar-refractivity contribution in [1.29, 1.82) is 0 Å². The zero-order chi connectivity index (χ0) is 11.7. The molecule has 2 rings (SSSR count). The van der Waals surface area contributed by atoms with E-state index in [1.165, 1.54) is 19.3 Å². The average Bonchev–Trinajstić information content (AvgIpc) is 2.18. The van der Waals surface area contributed by atoms with Gasteiger partial charge < -0.3 is 10.2 Å². The smallest absolute Gasteiger partial charge is 0.245 e. The van der Waals surface area contributed by atoms with Crippen LogP contribution in [0.5, 0.6) is 0 Å². The molecule has 0 aromatic carbocycles. The number of carbonyl (C=O) groups excluding carboxylic acids is 2. The van der Waals surface area contributed by atoms with Crippen LogP contribution < -0.4 is 5.32 Å². The number of hydrogen-bond donors (Lipinski definition) is 1. The van der Waals surface area contributed by atoms with Gasteiger partial charge in [-0.25, -0.2) is 0 Å². The van der Waals surface area contributed by atoms with Crippen molar-refractivity contribution >= 4 is 11.8 Å². The Balaban J connectivity index is 2.08. The van der Waals surface area contributed by atoms with Crippen LogP contribution in [-0.4, -0.2) is 35.3 Å². The van der Waals surface area contributed by atoms with Crippen LogP contribution in [0.25, 0.3) is 0 Å². The molecule has 4 nitrogen and oxygen atoms in total. The fourth-order valence-corrected chi connectivity index (χ4v) is 2.49. The summed E-state index contributed by atoms with van der Waals surface area (Å²) in [5, 5.41) is 2.74. The van der Waals surface area contributed by atoms with E-state index in [0.717, 1.165) is 6.54 Å². The van der Waals surface area contributed by atoms with Crippen LogP contribution in [0.2, 0.25) is 0 Å². The minimum Gasteiger partial charge on any atom is -0.343 e. The summed E-state index contributed by atoms with van der Waals surface area (Å²) < 4.78 is 0. The van der Waals surface area contributed by atoms with E-state index < -0.39 is 0 Å². The third-order valence-electron chi connectivity index (χ3n) is 3.76. The molecule has 2 fully saturated rings. The summed E-state index contributed by atoms with van der Waals surface area (Å²) in [7, 11) is 0. The number of hydrogen-bond acceptors (Lipinski definition) is 2. The Labute approximate surface area is 96.4 Å². The van der Waals surface area contributed by atoms with Crippen molar-refractivity contribution in [2.24, 2.45) is 5.92 Å². The first-order valence-electron chi connectivity index (χ1n) is 6.24. The lowest BCUT2D eigenvalue weighted by atomic mass is 9.84. The molecule has 2 amide bonds. The molecule has 1 aliphatic heterocycles. The topological polar surface area (TPSA) is 49.4 Å². The van der Waals surface area contributed by atoms with Crippen molar-refractivity contribution in [3.63, 3.8) is 0 Å². The zero-order valence-electron chi connectivity index (χ0n) is 10.0. The van der Waals surface area contributed by atoms with E-state index in [4.69, 9.17) is 0 Å². The molecule has 2 aliphatic rings. The maximum Gasteiger partial charge on any atom is 0.245 e. The minimum atomic E-state index is -0.352. The van der Waals surface area contributed by atoms with Gasteiger partial charge in [0.1, 0.15) is 12.1 Å². The Bertz CT molecular complexity index is 299. The second-order valence-corrected chi connectivity index (χ2v) is 4.94. The molecule has 0 bridgehead atoms. The first-order chi connectivity index (χ1) is 7.63. The van der Waals surface area contributed by atoms with E-state index >= 15 is 0 Å². The molecule has 1 heterocycles. The summed E-state index contributed by atoms with van der Waals surface area (Å²) in [6.45, 7) is 4.50. The second-order valence-electron chi connectivity index (χ2n) is 4.94. The molecule has 16 heavy (non-hydrogen) atoms. The van der Waals surface area contributed by atoms with Crippen molar-refractivity contribution in [2.75, 3.05) is 6.54 Å². The highest BCUT2D eigenvalue weighted by molar-refractivity contribution is 5.96. The van der Waals surface area contributed by atoms with Gasteiger partial charge >= 0.3 is 0 Å². The summed E-state index contributed by atoms with van der Waals surface area (Å²) in [4.78, 5) is 25.6. The van der Waals surface area contributed by atoms with Gasteiger partial charge in [0, 0.05) is 6.54 Å². The van der Waals surface area contributed by atoms with Crippen molar-refractivity contribution in [1.82, 2.24) is 10.2 Å². The van der Waals surface area contributed by atoms with E-state index in [0.29, 0.717) is 12.3 Å². The lowest BCUT2D eigenvalue weighted by molar-refractivity contribution is -0.150. The third-order valence-corrected chi connectivity index (χ3v) is 3.76. The van der Waals surface area contributed by atoms with Gasteiger partial charge in [-0.15, -0.1) is 0 Å². The molecule has 2 unspecified atom stereocenters. The number of nitrogens with zero attached hydrogens (tertiary/aromatic N) is 1. The molecule has 1 aliphatic carbocycles. The standard InChI is InChI=1S/C12H20N2O2/c1-3-10-11(15)13-8(2)12(16)14(10)7-9-5-4-6-9/h8-10H,3-7H2,1-2H3,(H,13,15). The van der Waals surface area contributed by atoms with Crippen LogP contribution in [0.4, 0.5) is 0 Å². The molecule has 4 heteroatoms. The molecule has 90 valence electrons. The normalized spacial score (nSPS) is 31.2. The van der Waals surface area contributed by atoms with Crippen molar-refractivity contribution < 1.29 is 9.59 Å². The maximum absolute atomic E-state index is 12.0. The van der Waals surface area contributed by atoms with Gasteiger partial charge in [0.05, 0.1) is 0 Å². The molecule has 0 aromatic rings. The van der Waals surface area contributed by atoms with Gasteiger partial charge in [0.2, 0.25) is 11.8 Å². The molecule has 0 radical (unpaired) electrons. The lowest BCUT2D eigenvalue weighted by Gasteiger charge is -2.41. The number of nitrogens with one attached hydrogen (secondary N) is 1. The van der Waals surface area contributed by atoms with Crippen LogP contribution in [0.3, 0.4) is 0 Å². The highest BCUT2D eigenvalue weighted by Crippen LogP contribution is 2.29. The van der Waals surface area contributed by atoms with E-state index in [1.807, 2.05) is 6.92 Å². The number of amides is 2. The van der Waals surface area contributed by atoms with E-state index in [-0.39, 0.29) is 23.9 Å². The van der Waals surface area contributed by atoms with Crippen LogP contribution in [0.1, 0.15) is 39.5 Å². The second kappa shape index (κ2) is 4.44. The Hall–Kier alpha value is -1.06. The molecule has 0 spiro atoms. The summed E-state index contributed by atoms with van der Waals surface area (Å²) in [6.07, 6.45) is 4.38. The molecule has 1 saturated carbocycles. The molecular weight excluding hydrogens is 204 g/mol. The zero-order valence-corrected chi connectivity index (χ0v) is 10.0. The van der Waals surface area contributed by atoms with Crippen molar-refractivity contribution in [2.45, 2.75) is 51.6 Å². The fraction of sp³-hybridized carbons (Fsp3) is 0.833. The third kappa shape index (κ3) is 1.93.